The first-order chi connectivity index (χ1) is 8.06. The third-order valence-electron chi connectivity index (χ3n) is 3.38. The summed E-state index contributed by atoms with van der Waals surface area (Å²) in [4.78, 5) is 0. The van der Waals surface area contributed by atoms with E-state index >= 15 is 0 Å². The summed E-state index contributed by atoms with van der Waals surface area (Å²) in [6, 6.07) is 0.291. The highest BCUT2D eigenvalue weighted by atomic mass is 16.5. The van der Waals surface area contributed by atoms with Crippen LogP contribution in [0, 0.1) is 5.92 Å². The van der Waals surface area contributed by atoms with E-state index in [1.807, 2.05) is 4.68 Å². The third kappa shape index (κ3) is 2.80. The van der Waals surface area contributed by atoms with Crippen LogP contribution in [0.25, 0.3) is 0 Å². The summed E-state index contributed by atoms with van der Waals surface area (Å²) >= 11 is 0. The Balaban J connectivity index is 3.12. The van der Waals surface area contributed by atoms with Crippen LogP contribution in [0.5, 0.6) is 5.75 Å². The number of methoxy groups -OCH3 is 1. The van der Waals surface area contributed by atoms with Crippen molar-refractivity contribution in [2.24, 2.45) is 11.7 Å². The number of aromatic nitrogens is 2. The van der Waals surface area contributed by atoms with Gasteiger partial charge in [-0.05, 0) is 19.8 Å². The molecule has 0 saturated heterocycles. The molecule has 0 fully saturated rings. The van der Waals surface area contributed by atoms with E-state index < -0.39 is 0 Å². The predicted octanol–water partition coefficient (Wildman–Crippen LogP) is 2.91. The molecule has 98 valence electrons. The topological polar surface area (TPSA) is 53.1 Å². The van der Waals surface area contributed by atoms with Gasteiger partial charge in [-0.1, -0.05) is 26.7 Å². The van der Waals surface area contributed by atoms with Gasteiger partial charge in [0.05, 0.1) is 25.0 Å². The summed E-state index contributed by atoms with van der Waals surface area (Å²) in [5.41, 5.74) is 7.40. The molecule has 4 heteroatoms. The molecule has 1 rings (SSSR count). The molecule has 17 heavy (non-hydrogen) atoms. The zero-order valence-corrected chi connectivity index (χ0v) is 11.6. The van der Waals surface area contributed by atoms with Crippen molar-refractivity contribution in [2.75, 3.05) is 7.11 Å². The summed E-state index contributed by atoms with van der Waals surface area (Å²) < 4.78 is 7.35. The highest BCUT2D eigenvalue weighted by molar-refractivity contribution is 5.29. The lowest BCUT2D eigenvalue weighted by Gasteiger charge is -2.24. The second-order valence-corrected chi connectivity index (χ2v) is 4.74. The van der Waals surface area contributed by atoms with Crippen LogP contribution < -0.4 is 10.5 Å². The van der Waals surface area contributed by atoms with Gasteiger partial charge in [-0.2, -0.15) is 5.10 Å². The van der Waals surface area contributed by atoms with Crippen molar-refractivity contribution in [3.8, 4) is 5.75 Å². The van der Waals surface area contributed by atoms with Crippen LogP contribution in [-0.2, 0) is 0 Å². The number of nitrogens with zero attached hydrogens (tertiary/aromatic N) is 2. The van der Waals surface area contributed by atoms with E-state index in [9.17, 15) is 0 Å². The molecule has 0 radical (unpaired) electrons. The normalized spacial score (nSPS) is 13.4. The lowest BCUT2D eigenvalue weighted by Crippen LogP contribution is -2.25. The van der Waals surface area contributed by atoms with Gasteiger partial charge >= 0.3 is 0 Å². The number of ether oxygens (including phenoxy) is 1. The zero-order valence-electron chi connectivity index (χ0n) is 11.6. The molecular formula is C13H25N3O. The van der Waals surface area contributed by atoms with Crippen molar-refractivity contribution in [2.45, 2.75) is 52.6 Å². The van der Waals surface area contributed by atoms with Crippen molar-refractivity contribution in [1.29, 1.82) is 0 Å². The van der Waals surface area contributed by atoms with Crippen molar-refractivity contribution < 1.29 is 4.74 Å². The minimum atomic E-state index is -0.00940. The summed E-state index contributed by atoms with van der Waals surface area (Å²) in [5.74, 6) is 1.27. The molecule has 0 aliphatic carbocycles. The van der Waals surface area contributed by atoms with Crippen molar-refractivity contribution in [3.63, 3.8) is 0 Å². The molecule has 4 nitrogen and oxygen atoms in total. The molecule has 0 saturated carbocycles. The summed E-state index contributed by atoms with van der Waals surface area (Å²) in [7, 11) is 1.67. The maximum absolute atomic E-state index is 6.38. The van der Waals surface area contributed by atoms with E-state index in [0.717, 1.165) is 24.3 Å². The Bertz CT molecular complexity index is 342. The lowest BCUT2D eigenvalue weighted by molar-refractivity contribution is 0.347. The average molecular weight is 239 g/mol. The summed E-state index contributed by atoms with van der Waals surface area (Å²) in [6.07, 6.45) is 3.91. The van der Waals surface area contributed by atoms with E-state index in [1.54, 1.807) is 13.3 Å². The van der Waals surface area contributed by atoms with Gasteiger partial charge in [-0.25, -0.2) is 0 Å². The van der Waals surface area contributed by atoms with Crippen LogP contribution in [0.15, 0.2) is 6.20 Å². The highest BCUT2D eigenvalue weighted by Crippen LogP contribution is 2.32. The van der Waals surface area contributed by atoms with Crippen molar-refractivity contribution >= 4 is 0 Å². The van der Waals surface area contributed by atoms with Gasteiger partial charge in [0.2, 0.25) is 0 Å². The number of hydrogen-bond donors (Lipinski definition) is 1. The fourth-order valence-corrected chi connectivity index (χ4v) is 2.26. The Morgan fingerprint density at radius 1 is 1.35 bits per heavy atom. The number of nitrogens with two attached hydrogens (primary N) is 1. The monoisotopic (exact) mass is 239 g/mol. The lowest BCUT2D eigenvalue weighted by atomic mass is 9.92. The Morgan fingerprint density at radius 3 is 2.35 bits per heavy atom. The van der Waals surface area contributed by atoms with Crippen LogP contribution in [-0.4, -0.2) is 16.9 Å². The molecule has 0 spiro atoms. The second-order valence-electron chi connectivity index (χ2n) is 4.74. The van der Waals surface area contributed by atoms with Gasteiger partial charge in [-0.15, -0.1) is 0 Å². The largest absolute Gasteiger partial charge is 0.493 e. The molecule has 1 heterocycles. The predicted molar refractivity (Wildman–Crippen MR) is 70.2 cm³/mol. The average Bonchev–Trinajstić information content (AvgIpc) is 2.73. The first-order valence-electron chi connectivity index (χ1n) is 6.43. The quantitative estimate of drug-likeness (QED) is 0.830. The Labute approximate surface area is 104 Å². The molecule has 1 aromatic heterocycles. The Kier molecular flexibility index (Phi) is 5.00. The first-order valence-corrected chi connectivity index (χ1v) is 6.43. The zero-order chi connectivity index (χ0) is 13.0. The molecular weight excluding hydrogens is 214 g/mol. The smallest absolute Gasteiger partial charge is 0.161 e. The maximum Gasteiger partial charge on any atom is 0.161 e. The SMILES string of the molecule is CCC(CC)C(N)c1c(OC)cnn1C(C)C. The molecule has 1 atom stereocenters. The summed E-state index contributed by atoms with van der Waals surface area (Å²) in [6.45, 7) is 8.57. The van der Waals surface area contributed by atoms with E-state index in [2.05, 4.69) is 32.8 Å². The van der Waals surface area contributed by atoms with Crippen LogP contribution in [0.3, 0.4) is 0 Å². The van der Waals surface area contributed by atoms with Crippen LogP contribution in [0.4, 0.5) is 0 Å². The van der Waals surface area contributed by atoms with Crippen LogP contribution in [0.1, 0.15) is 58.3 Å². The molecule has 0 aromatic carbocycles. The molecule has 0 amide bonds. The van der Waals surface area contributed by atoms with Gasteiger partial charge in [0.15, 0.2) is 5.75 Å². The van der Waals surface area contributed by atoms with Gasteiger partial charge in [0, 0.05) is 6.04 Å². The van der Waals surface area contributed by atoms with E-state index in [4.69, 9.17) is 10.5 Å². The van der Waals surface area contributed by atoms with Crippen LogP contribution >= 0.6 is 0 Å². The fourth-order valence-electron chi connectivity index (χ4n) is 2.26. The van der Waals surface area contributed by atoms with E-state index in [1.165, 1.54) is 0 Å². The second kappa shape index (κ2) is 6.05. The van der Waals surface area contributed by atoms with Crippen LogP contribution in [0.2, 0.25) is 0 Å². The number of hydrogen-bond acceptors (Lipinski definition) is 3. The molecule has 0 bridgehead atoms. The fraction of sp³-hybridized carbons (Fsp3) is 0.769. The Morgan fingerprint density at radius 2 is 1.94 bits per heavy atom. The van der Waals surface area contributed by atoms with Crippen molar-refractivity contribution in [1.82, 2.24) is 9.78 Å². The highest BCUT2D eigenvalue weighted by Gasteiger charge is 2.25. The van der Waals surface area contributed by atoms with E-state index in [0.29, 0.717) is 12.0 Å². The van der Waals surface area contributed by atoms with E-state index in [-0.39, 0.29) is 6.04 Å². The Hall–Kier alpha value is -1.03. The minimum absolute atomic E-state index is 0.00940. The minimum Gasteiger partial charge on any atom is -0.493 e. The van der Waals surface area contributed by atoms with Gasteiger partial charge in [-0.3, -0.25) is 4.68 Å². The standard InChI is InChI=1S/C13H25N3O/c1-6-10(7-2)12(14)13-11(17-5)8-15-16(13)9(3)4/h8-10,12H,6-7,14H2,1-5H3. The molecule has 2 N–H and O–H groups in total. The molecule has 0 aliphatic heterocycles. The molecule has 0 aliphatic rings. The molecule has 1 aromatic rings. The summed E-state index contributed by atoms with van der Waals surface area (Å²) in [5, 5.41) is 4.37. The first kappa shape index (κ1) is 14.0. The van der Waals surface area contributed by atoms with Gasteiger partial charge in [0.25, 0.3) is 0 Å². The number of rotatable bonds is 6. The van der Waals surface area contributed by atoms with Gasteiger partial charge in [0.1, 0.15) is 0 Å². The maximum atomic E-state index is 6.38. The molecule has 1 unspecified atom stereocenters. The van der Waals surface area contributed by atoms with Gasteiger partial charge < -0.3 is 10.5 Å². The van der Waals surface area contributed by atoms with Crippen molar-refractivity contribution in [3.05, 3.63) is 11.9 Å². The third-order valence-corrected chi connectivity index (χ3v) is 3.38.